The fourth-order valence-electron chi connectivity index (χ4n) is 2.07. The van der Waals surface area contributed by atoms with Crippen LogP contribution in [0.25, 0.3) is 0 Å². The molecular formula is C17H19ClN2O2. The summed E-state index contributed by atoms with van der Waals surface area (Å²) in [4.78, 5) is 11.9. The summed E-state index contributed by atoms with van der Waals surface area (Å²) < 4.78 is 0. The van der Waals surface area contributed by atoms with Gasteiger partial charge in [0.05, 0.1) is 6.10 Å². The molecular weight excluding hydrogens is 300 g/mol. The van der Waals surface area contributed by atoms with Crippen LogP contribution in [0.15, 0.2) is 48.5 Å². The van der Waals surface area contributed by atoms with Crippen molar-refractivity contribution < 1.29 is 9.90 Å². The second-order valence-corrected chi connectivity index (χ2v) is 5.40. The Bertz CT molecular complexity index is 646. The minimum atomic E-state index is -0.800. The van der Waals surface area contributed by atoms with E-state index in [1.807, 2.05) is 24.3 Å². The zero-order chi connectivity index (χ0) is 15.9. The maximum Gasteiger partial charge on any atom is 0.319 e. The number of anilines is 1. The molecule has 0 aliphatic rings. The first-order chi connectivity index (χ1) is 10.6. The van der Waals surface area contributed by atoms with E-state index in [4.69, 9.17) is 11.6 Å². The molecule has 0 saturated carbocycles. The molecule has 0 aliphatic heterocycles. The van der Waals surface area contributed by atoms with Crippen LogP contribution in [0.3, 0.4) is 0 Å². The first kappa shape index (κ1) is 16.3. The molecule has 3 N–H and O–H groups in total. The van der Waals surface area contributed by atoms with Crippen LogP contribution >= 0.6 is 11.6 Å². The summed E-state index contributed by atoms with van der Waals surface area (Å²) in [5.74, 6) is 0. The van der Waals surface area contributed by atoms with Gasteiger partial charge in [-0.15, -0.1) is 0 Å². The minimum Gasteiger partial charge on any atom is -0.387 e. The molecule has 2 aromatic rings. The zero-order valence-corrected chi connectivity index (χ0v) is 13.1. The number of nitrogens with one attached hydrogen (secondary N) is 2. The number of aryl methyl sites for hydroxylation is 1. The number of urea groups is 1. The van der Waals surface area contributed by atoms with Gasteiger partial charge in [-0.05, 0) is 41.8 Å². The molecule has 0 saturated heterocycles. The molecule has 22 heavy (non-hydrogen) atoms. The molecule has 0 fully saturated rings. The van der Waals surface area contributed by atoms with Crippen molar-refractivity contribution in [2.24, 2.45) is 0 Å². The van der Waals surface area contributed by atoms with Gasteiger partial charge in [0.1, 0.15) is 0 Å². The fourth-order valence-corrected chi connectivity index (χ4v) is 2.26. The lowest BCUT2D eigenvalue weighted by molar-refractivity contribution is 0.175. The molecule has 2 amide bonds. The standard InChI is InChI=1S/C17H19ClN2O2/c1-2-12-5-3-8-15(9-12)20-17(22)19-11-16(21)13-6-4-7-14(18)10-13/h3-10,16,21H,2,11H2,1H3,(H2,19,20,22)/t16-/m0/s1. The van der Waals surface area contributed by atoms with Crippen LogP contribution in [0.4, 0.5) is 10.5 Å². The third-order valence-electron chi connectivity index (χ3n) is 3.28. The highest BCUT2D eigenvalue weighted by molar-refractivity contribution is 6.30. The van der Waals surface area contributed by atoms with Gasteiger partial charge in [0.2, 0.25) is 0 Å². The fraction of sp³-hybridized carbons (Fsp3) is 0.235. The van der Waals surface area contributed by atoms with E-state index in [1.54, 1.807) is 24.3 Å². The van der Waals surface area contributed by atoms with Crippen LogP contribution in [-0.4, -0.2) is 17.7 Å². The summed E-state index contributed by atoms with van der Waals surface area (Å²) in [6.45, 7) is 2.17. The highest BCUT2D eigenvalue weighted by atomic mass is 35.5. The Morgan fingerprint density at radius 1 is 1.23 bits per heavy atom. The van der Waals surface area contributed by atoms with E-state index >= 15 is 0 Å². The lowest BCUT2D eigenvalue weighted by atomic mass is 10.1. The second-order valence-electron chi connectivity index (χ2n) is 4.96. The Labute approximate surface area is 135 Å². The average molecular weight is 319 g/mol. The molecule has 2 aromatic carbocycles. The topological polar surface area (TPSA) is 61.4 Å². The van der Waals surface area contributed by atoms with E-state index in [-0.39, 0.29) is 12.6 Å². The summed E-state index contributed by atoms with van der Waals surface area (Å²) in [5.41, 5.74) is 2.55. The molecule has 0 aliphatic carbocycles. The SMILES string of the molecule is CCc1cccc(NC(=O)NC[C@H](O)c2cccc(Cl)c2)c1. The summed E-state index contributed by atoms with van der Waals surface area (Å²) in [5, 5.41) is 16.0. The smallest absolute Gasteiger partial charge is 0.319 e. The van der Waals surface area contributed by atoms with Gasteiger partial charge in [0, 0.05) is 17.3 Å². The molecule has 0 aromatic heterocycles. The molecule has 5 heteroatoms. The Hall–Kier alpha value is -2.04. The molecule has 116 valence electrons. The van der Waals surface area contributed by atoms with Gasteiger partial charge in [0.25, 0.3) is 0 Å². The number of aliphatic hydroxyl groups is 1. The van der Waals surface area contributed by atoms with E-state index in [0.717, 1.165) is 17.7 Å². The largest absolute Gasteiger partial charge is 0.387 e. The van der Waals surface area contributed by atoms with Gasteiger partial charge in [-0.1, -0.05) is 42.8 Å². The maximum atomic E-state index is 11.9. The maximum absolute atomic E-state index is 11.9. The van der Waals surface area contributed by atoms with E-state index in [9.17, 15) is 9.90 Å². The second kappa shape index (κ2) is 7.82. The van der Waals surface area contributed by atoms with Gasteiger partial charge < -0.3 is 15.7 Å². The van der Waals surface area contributed by atoms with Crippen LogP contribution in [0, 0.1) is 0 Å². The van der Waals surface area contributed by atoms with Crippen LogP contribution in [0.5, 0.6) is 0 Å². The van der Waals surface area contributed by atoms with Gasteiger partial charge in [-0.2, -0.15) is 0 Å². The molecule has 0 unspecified atom stereocenters. The third kappa shape index (κ3) is 4.76. The van der Waals surface area contributed by atoms with Crippen molar-refractivity contribution in [3.63, 3.8) is 0 Å². The minimum absolute atomic E-state index is 0.111. The highest BCUT2D eigenvalue weighted by Gasteiger charge is 2.10. The average Bonchev–Trinajstić information content (AvgIpc) is 2.52. The predicted molar refractivity (Wildman–Crippen MR) is 89.3 cm³/mol. The number of carbonyl (C=O) groups is 1. The summed E-state index contributed by atoms with van der Waals surface area (Å²) in [6, 6.07) is 14.2. The lowest BCUT2D eigenvalue weighted by Crippen LogP contribution is -2.32. The number of rotatable bonds is 5. The van der Waals surface area contributed by atoms with E-state index in [2.05, 4.69) is 17.6 Å². The van der Waals surface area contributed by atoms with Crippen molar-refractivity contribution in [1.82, 2.24) is 5.32 Å². The molecule has 4 nitrogen and oxygen atoms in total. The van der Waals surface area contributed by atoms with Crippen LogP contribution in [0.1, 0.15) is 24.2 Å². The Kier molecular flexibility index (Phi) is 5.81. The van der Waals surface area contributed by atoms with E-state index in [1.165, 1.54) is 0 Å². The van der Waals surface area contributed by atoms with Crippen molar-refractivity contribution in [1.29, 1.82) is 0 Å². The van der Waals surface area contributed by atoms with Crippen LogP contribution in [0.2, 0.25) is 5.02 Å². The molecule has 2 rings (SSSR count). The normalized spacial score (nSPS) is 11.8. The zero-order valence-electron chi connectivity index (χ0n) is 12.3. The molecule has 0 bridgehead atoms. The quantitative estimate of drug-likeness (QED) is 0.786. The molecule has 1 atom stereocenters. The van der Waals surface area contributed by atoms with Gasteiger partial charge in [-0.3, -0.25) is 0 Å². The molecule has 0 spiro atoms. The summed E-state index contributed by atoms with van der Waals surface area (Å²) >= 11 is 5.88. The van der Waals surface area contributed by atoms with Crippen molar-refractivity contribution in [2.75, 3.05) is 11.9 Å². The highest BCUT2D eigenvalue weighted by Crippen LogP contribution is 2.17. The number of hydrogen-bond donors (Lipinski definition) is 3. The third-order valence-corrected chi connectivity index (χ3v) is 3.52. The van der Waals surface area contributed by atoms with Gasteiger partial charge in [-0.25, -0.2) is 4.79 Å². The Morgan fingerprint density at radius 2 is 2.00 bits per heavy atom. The number of halogens is 1. The predicted octanol–water partition coefficient (Wildman–Crippen LogP) is 3.76. The number of amides is 2. The first-order valence-electron chi connectivity index (χ1n) is 7.16. The first-order valence-corrected chi connectivity index (χ1v) is 7.53. The lowest BCUT2D eigenvalue weighted by Gasteiger charge is -2.13. The monoisotopic (exact) mass is 318 g/mol. The van der Waals surface area contributed by atoms with Crippen LogP contribution in [-0.2, 0) is 6.42 Å². The number of benzene rings is 2. The van der Waals surface area contributed by atoms with Gasteiger partial charge >= 0.3 is 6.03 Å². The van der Waals surface area contributed by atoms with E-state index in [0.29, 0.717) is 10.6 Å². The number of aliphatic hydroxyl groups excluding tert-OH is 1. The number of carbonyl (C=O) groups excluding carboxylic acids is 1. The summed E-state index contributed by atoms with van der Waals surface area (Å²) in [6.07, 6.45) is 0.108. The van der Waals surface area contributed by atoms with Crippen molar-refractivity contribution in [2.45, 2.75) is 19.4 Å². The molecule has 0 radical (unpaired) electrons. The Balaban J connectivity index is 1.87. The van der Waals surface area contributed by atoms with Crippen molar-refractivity contribution >= 4 is 23.3 Å². The summed E-state index contributed by atoms with van der Waals surface area (Å²) in [7, 11) is 0. The molecule has 0 heterocycles. The van der Waals surface area contributed by atoms with Crippen molar-refractivity contribution in [3.05, 3.63) is 64.7 Å². The Morgan fingerprint density at radius 3 is 2.73 bits per heavy atom. The van der Waals surface area contributed by atoms with Crippen LogP contribution < -0.4 is 10.6 Å². The van der Waals surface area contributed by atoms with E-state index < -0.39 is 6.10 Å². The van der Waals surface area contributed by atoms with Crippen molar-refractivity contribution in [3.8, 4) is 0 Å². The van der Waals surface area contributed by atoms with Gasteiger partial charge in [0.15, 0.2) is 0 Å². The number of hydrogen-bond acceptors (Lipinski definition) is 2.